The van der Waals surface area contributed by atoms with Gasteiger partial charge in [0.2, 0.25) is 10.0 Å². The molecule has 5 nitrogen and oxygen atoms in total. The van der Waals surface area contributed by atoms with Crippen LogP contribution in [0, 0.1) is 5.92 Å². The van der Waals surface area contributed by atoms with Crippen LogP contribution in [0.3, 0.4) is 0 Å². The van der Waals surface area contributed by atoms with Gasteiger partial charge in [0.05, 0.1) is 4.90 Å². The fraction of sp³-hybridized carbons (Fsp3) is 0.562. The van der Waals surface area contributed by atoms with Crippen molar-refractivity contribution in [2.24, 2.45) is 5.92 Å². The normalized spacial score (nSPS) is 13.1. The van der Waals surface area contributed by atoms with Gasteiger partial charge in [0.15, 0.2) is 0 Å². The number of benzene rings is 1. The summed E-state index contributed by atoms with van der Waals surface area (Å²) in [5.74, 6) is 0.389. The molecule has 0 aliphatic heterocycles. The van der Waals surface area contributed by atoms with Gasteiger partial charge in [-0.05, 0) is 43.5 Å². The molecule has 0 spiro atoms. The van der Waals surface area contributed by atoms with Gasteiger partial charge in [-0.25, -0.2) is 13.1 Å². The summed E-state index contributed by atoms with van der Waals surface area (Å²) in [6.45, 7) is 6.18. The van der Waals surface area contributed by atoms with Gasteiger partial charge in [-0.15, -0.1) is 0 Å². The van der Waals surface area contributed by atoms with Crippen LogP contribution in [0.2, 0.25) is 0 Å². The first kappa shape index (κ1) is 18.6. The molecule has 0 fully saturated rings. The number of rotatable bonds is 8. The van der Waals surface area contributed by atoms with E-state index in [9.17, 15) is 13.2 Å². The number of amides is 1. The Bertz CT molecular complexity index is 580. The van der Waals surface area contributed by atoms with E-state index in [1.54, 1.807) is 0 Å². The first-order valence-electron chi connectivity index (χ1n) is 7.60. The summed E-state index contributed by atoms with van der Waals surface area (Å²) in [6, 6.07) is 5.82. The Kier molecular flexibility index (Phi) is 7.03. The third-order valence-electron chi connectivity index (χ3n) is 3.43. The van der Waals surface area contributed by atoms with Gasteiger partial charge in [0, 0.05) is 18.7 Å². The summed E-state index contributed by atoms with van der Waals surface area (Å²) in [5, 5.41) is 2.50. The number of sulfonamides is 1. The van der Waals surface area contributed by atoms with E-state index in [-0.39, 0.29) is 16.8 Å². The fourth-order valence-corrected chi connectivity index (χ4v) is 3.43. The van der Waals surface area contributed by atoms with Crippen LogP contribution in [-0.4, -0.2) is 27.4 Å². The molecule has 0 saturated heterocycles. The van der Waals surface area contributed by atoms with E-state index in [1.807, 2.05) is 6.92 Å². The van der Waals surface area contributed by atoms with E-state index in [4.69, 9.17) is 0 Å². The number of carbonyl (C=O) groups excluding carboxylic acids is 1. The van der Waals surface area contributed by atoms with Crippen molar-refractivity contribution in [1.82, 2.24) is 10.0 Å². The molecular weight excluding hydrogens is 300 g/mol. The van der Waals surface area contributed by atoms with Gasteiger partial charge in [-0.2, -0.15) is 0 Å². The summed E-state index contributed by atoms with van der Waals surface area (Å²) >= 11 is 0. The molecule has 0 radical (unpaired) electrons. The molecule has 124 valence electrons. The maximum absolute atomic E-state index is 12.3. The lowest BCUT2D eigenvalue weighted by atomic mass is 10.0. The van der Waals surface area contributed by atoms with E-state index in [0.29, 0.717) is 11.5 Å². The Morgan fingerprint density at radius 2 is 1.68 bits per heavy atom. The van der Waals surface area contributed by atoms with E-state index < -0.39 is 10.0 Å². The zero-order valence-corrected chi connectivity index (χ0v) is 14.5. The third-order valence-corrected chi connectivity index (χ3v) is 5.03. The molecule has 1 atom stereocenters. The number of nitrogens with one attached hydrogen (secondary N) is 2. The molecule has 22 heavy (non-hydrogen) atoms. The minimum atomic E-state index is -3.54. The fourth-order valence-electron chi connectivity index (χ4n) is 2.15. The summed E-state index contributed by atoms with van der Waals surface area (Å²) in [6.07, 6.45) is 2.90. The van der Waals surface area contributed by atoms with Crippen molar-refractivity contribution in [3.63, 3.8) is 0 Å². The second-order valence-electron chi connectivity index (χ2n) is 5.95. The van der Waals surface area contributed by atoms with Crippen molar-refractivity contribution in [2.45, 2.75) is 51.0 Å². The topological polar surface area (TPSA) is 75.3 Å². The molecule has 6 heteroatoms. The average molecular weight is 326 g/mol. The molecule has 0 aliphatic rings. The monoisotopic (exact) mass is 326 g/mol. The van der Waals surface area contributed by atoms with Crippen LogP contribution in [-0.2, 0) is 10.0 Å². The van der Waals surface area contributed by atoms with Gasteiger partial charge in [0.25, 0.3) is 5.91 Å². The quantitative estimate of drug-likeness (QED) is 0.771. The van der Waals surface area contributed by atoms with Crippen LogP contribution in [0.15, 0.2) is 29.2 Å². The molecule has 1 aromatic carbocycles. The standard InChI is InChI=1S/C16H26N2O3S/c1-12(2)6-5-7-13(3)18-22(20,21)15-10-8-14(9-11-15)16(19)17-4/h8-13,18H,5-7H2,1-4H3,(H,17,19). The number of hydrogen-bond donors (Lipinski definition) is 2. The Labute approximate surface area is 133 Å². The average Bonchev–Trinajstić information content (AvgIpc) is 2.45. The van der Waals surface area contributed by atoms with Gasteiger partial charge < -0.3 is 5.32 Å². The number of hydrogen-bond acceptors (Lipinski definition) is 3. The van der Waals surface area contributed by atoms with Crippen molar-refractivity contribution in [3.05, 3.63) is 29.8 Å². The van der Waals surface area contributed by atoms with Gasteiger partial charge in [0.1, 0.15) is 0 Å². The second-order valence-corrected chi connectivity index (χ2v) is 7.66. The predicted octanol–water partition coefficient (Wildman–Crippen LogP) is 2.54. The van der Waals surface area contributed by atoms with Crippen molar-refractivity contribution in [2.75, 3.05) is 7.05 Å². The van der Waals surface area contributed by atoms with Crippen LogP contribution in [0.4, 0.5) is 0 Å². The number of carbonyl (C=O) groups is 1. The highest BCUT2D eigenvalue weighted by molar-refractivity contribution is 7.89. The minimum Gasteiger partial charge on any atom is -0.355 e. The maximum atomic E-state index is 12.3. The zero-order chi connectivity index (χ0) is 16.8. The van der Waals surface area contributed by atoms with Crippen molar-refractivity contribution in [1.29, 1.82) is 0 Å². The van der Waals surface area contributed by atoms with Crippen molar-refractivity contribution >= 4 is 15.9 Å². The van der Waals surface area contributed by atoms with Gasteiger partial charge >= 0.3 is 0 Å². The molecule has 1 rings (SSSR count). The van der Waals surface area contributed by atoms with Crippen LogP contribution >= 0.6 is 0 Å². The van der Waals surface area contributed by atoms with E-state index in [1.165, 1.54) is 31.3 Å². The minimum absolute atomic E-state index is 0.109. The lowest BCUT2D eigenvalue weighted by molar-refractivity contribution is 0.0963. The highest BCUT2D eigenvalue weighted by Crippen LogP contribution is 2.13. The molecule has 1 unspecified atom stereocenters. The summed E-state index contributed by atoms with van der Waals surface area (Å²) < 4.78 is 27.2. The molecule has 0 heterocycles. The van der Waals surface area contributed by atoms with E-state index in [0.717, 1.165) is 19.3 Å². The Morgan fingerprint density at radius 3 is 2.18 bits per heavy atom. The summed E-state index contributed by atoms with van der Waals surface area (Å²) in [4.78, 5) is 11.6. The second kappa shape index (κ2) is 8.29. The summed E-state index contributed by atoms with van der Waals surface area (Å²) in [7, 11) is -2.01. The maximum Gasteiger partial charge on any atom is 0.251 e. The van der Waals surface area contributed by atoms with E-state index >= 15 is 0 Å². The Hall–Kier alpha value is -1.40. The Morgan fingerprint density at radius 1 is 1.09 bits per heavy atom. The zero-order valence-electron chi connectivity index (χ0n) is 13.7. The highest BCUT2D eigenvalue weighted by Gasteiger charge is 2.17. The van der Waals surface area contributed by atoms with Gasteiger partial charge in [-0.1, -0.05) is 26.7 Å². The molecule has 2 N–H and O–H groups in total. The molecule has 0 saturated carbocycles. The van der Waals surface area contributed by atoms with Gasteiger partial charge in [-0.3, -0.25) is 4.79 Å². The van der Waals surface area contributed by atoms with Crippen molar-refractivity contribution < 1.29 is 13.2 Å². The first-order chi connectivity index (χ1) is 10.3. The van der Waals surface area contributed by atoms with Crippen LogP contribution < -0.4 is 10.0 Å². The van der Waals surface area contributed by atoms with Crippen molar-refractivity contribution in [3.8, 4) is 0 Å². The molecule has 0 aliphatic carbocycles. The smallest absolute Gasteiger partial charge is 0.251 e. The third kappa shape index (κ3) is 5.77. The van der Waals surface area contributed by atoms with E-state index in [2.05, 4.69) is 23.9 Å². The lowest BCUT2D eigenvalue weighted by Crippen LogP contribution is -2.32. The molecule has 1 aromatic rings. The first-order valence-corrected chi connectivity index (χ1v) is 9.09. The Balaban J connectivity index is 2.67. The van der Waals surface area contributed by atoms with Crippen LogP contribution in [0.1, 0.15) is 50.4 Å². The largest absolute Gasteiger partial charge is 0.355 e. The molecule has 0 bridgehead atoms. The highest BCUT2D eigenvalue weighted by atomic mass is 32.2. The SMILES string of the molecule is CNC(=O)c1ccc(S(=O)(=O)NC(C)CCCC(C)C)cc1. The van der Waals surface area contributed by atoms with Crippen LogP contribution in [0.5, 0.6) is 0 Å². The molecule has 1 amide bonds. The lowest BCUT2D eigenvalue weighted by Gasteiger charge is -2.15. The molecular formula is C16H26N2O3S. The molecule has 0 aromatic heterocycles. The summed E-state index contributed by atoms with van der Waals surface area (Å²) in [5.41, 5.74) is 0.437. The van der Waals surface area contributed by atoms with Crippen LogP contribution in [0.25, 0.3) is 0 Å². The predicted molar refractivity (Wildman–Crippen MR) is 88.3 cm³/mol.